The normalized spacial score (nSPS) is 19.0. The highest BCUT2D eigenvalue weighted by molar-refractivity contribution is 6.05. The minimum atomic E-state index is -4.50. The molecule has 0 radical (unpaired) electrons. The number of hydrogen-bond acceptors (Lipinski definition) is 5. The van der Waals surface area contributed by atoms with Crippen LogP contribution in [-0.2, 0) is 16.6 Å². The maximum Gasteiger partial charge on any atom is 0.416 e. The summed E-state index contributed by atoms with van der Waals surface area (Å²) in [6.45, 7) is 1.54. The molecule has 1 aliphatic rings. The number of alkyl halides is 5. The van der Waals surface area contributed by atoms with Crippen LogP contribution in [-0.4, -0.2) is 43.1 Å². The third kappa shape index (κ3) is 4.14. The largest absolute Gasteiger partial charge is 0.463 e. The van der Waals surface area contributed by atoms with Gasteiger partial charge in [0.15, 0.2) is 0 Å². The van der Waals surface area contributed by atoms with E-state index in [0.29, 0.717) is 5.56 Å². The van der Waals surface area contributed by atoms with Crippen LogP contribution in [0.1, 0.15) is 34.0 Å². The molecule has 0 bridgehead atoms. The minimum Gasteiger partial charge on any atom is -0.463 e. The van der Waals surface area contributed by atoms with Gasteiger partial charge >= 0.3 is 12.6 Å². The number of fused-ring (bicyclic) bond motifs is 1. The lowest BCUT2D eigenvalue weighted by molar-refractivity contribution is -0.137. The molecule has 0 aliphatic carbocycles. The standard InChI is InChI=1S/C21H18F5N3O3/c1-20(12-5-7-13(8-6-12)21(24,25)26)29(3)19(30)14-10-11(4-9-15(14)32-20)18(28-2)31-17(27)16(22)23/h4-10,16,27H,1-3H3/b27-17?,28-18-. The fourth-order valence-electron chi connectivity index (χ4n) is 3.18. The van der Waals surface area contributed by atoms with Gasteiger partial charge in [0.05, 0.1) is 11.1 Å². The van der Waals surface area contributed by atoms with Crippen LogP contribution in [0.25, 0.3) is 0 Å². The van der Waals surface area contributed by atoms with Crippen molar-refractivity contribution >= 4 is 17.7 Å². The third-order valence-corrected chi connectivity index (χ3v) is 5.07. The molecule has 1 heterocycles. The number of nitrogens with zero attached hydrogens (tertiary/aromatic N) is 2. The molecule has 6 nitrogen and oxygen atoms in total. The van der Waals surface area contributed by atoms with E-state index in [1.165, 1.54) is 56.3 Å². The van der Waals surface area contributed by atoms with Gasteiger partial charge in [-0.2, -0.15) is 22.0 Å². The summed E-state index contributed by atoms with van der Waals surface area (Å²) >= 11 is 0. The molecular weight excluding hydrogens is 437 g/mol. The highest BCUT2D eigenvalue weighted by Crippen LogP contribution is 2.40. The van der Waals surface area contributed by atoms with E-state index >= 15 is 0 Å². The quantitative estimate of drug-likeness (QED) is 0.415. The first-order valence-corrected chi connectivity index (χ1v) is 9.19. The van der Waals surface area contributed by atoms with Crippen molar-refractivity contribution in [3.8, 4) is 5.75 Å². The molecule has 0 saturated carbocycles. The van der Waals surface area contributed by atoms with E-state index in [1.807, 2.05) is 0 Å². The zero-order chi connectivity index (χ0) is 23.8. The van der Waals surface area contributed by atoms with Gasteiger partial charge in [-0.25, -0.2) is 0 Å². The smallest absolute Gasteiger partial charge is 0.416 e. The van der Waals surface area contributed by atoms with E-state index in [9.17, 15) is 26.7 Å². The molecule has 2 aromatic rings. The average molecular weight is 455 g/mol. The van der Waals surface area contributed by atoms with Crippen LogP contribution in [0.15, 0.2) is 47.5 Å². The fourth-order valence-corrected chi connectivity index (χ4v) is 3.18. The lowest BCUT2D eigenvalue weighted by atomic mass is 9.97. The Balaban J connectivity index is 1.96. The van der Waals surface area contributed by atoms with Crippen molar-refractivity contribution in [2.75, 3.05) is 14.1 Å². The van der Waals surface area contributed by atoms with E-state index < -0.39 is 35.7 Å². The second-order valence-corrected chi connectivity index (χ2v) is 7.03. The second-order valence-electron chi connectivity index (χ2n) is 7.03. The third-order valence-electron chi connectivity index (χ3n) is 5.07. The monoisotopic (exact) mass is 455 g/mol. The first-order valence-electron chi connectivity index (χ1n) is 9.19. The molecule has 1 atom stereocenters. The van der Waals surface area contributed by atoms with Crippen molar-refractivity contribution in [2.24, 2.45) is 4.99 Å². The number of amides is 1. The van der Waals surface area contributed by atoms with E-state index in [1.54, 1.807) is 0 Å². The molecule has 0 aromatic heterocycles. The van der Waals surface area contributed by atoms with Crippen molar-refractivity contribution in [3.05, 3.63) is 64.7 Å². The minimum absolute atomic E-state index is 0.0720. The van der Waals surface area contributed by atoms with Crippen LogP contribution in [0.2, 0.25) is 0 Å². The number of benzene rings is 2. The molecule has 0 fully saturated rings. The summed E-state index contributed by atoms with van der Waals surface area (Å²) in [6.07, 6.45) is -7.64. The van der Waals surface area contributed by atoms with Crippen LogP contribution < -0.4 is 4.74 Å². The number of carbonyl (C=O) groups is 1. The van der Waals surface area contributed by atoms with Crippen molar-refractivity contribution in [1.82, 2.24) is 4.90 Å². The maximum atomic E-state index is 13.0. The number of hydrogen-bond donors (Lipinski definition) is 1. The first kappa shape index (κ1) is 23.2. The van der Waals surface area contributed by atoms with Gasteiger partial charge in [0, 0.05) is 25.2 Å². The molecular formula is C21H18F5N3O3. The zero-order valence-corrected chi connectivity index (χ0v) is 17.1. The average Bonchev–Trinajstić information content (AvgIpc) is 2.75. The van der Waals surface area contributed by atoms with Crippen LogP contribution >= 0.6 is 0 Å². The number of nitrogens with one attached hydrogen (secondary N) is 1. The number of rotatable bonds is 3. The molecule has 3 rings (SSSR count). The van der Waals surface area contributed by atoms with Gasteiger partial charge in [-0.1, -0.05) is 12.1 Å². The summed E-state index contributed by atoms with van der Waals surface area (Å²) in [6, 6.07) is 8.40. The lowest BCUT2D eigenvalue weighted by Crippen LogP contribution is -2.52. The van der Waals surface area contributed by atoms with Gasteiger partial charge in [-0.3, -0.25) is 20.1 Å². The summed E-state index contributed by atoms with van der Waals surface area (Å²) in [7, 11) is 2.70. The topological polar surface area (TPSA) is 75.0 Å². The van der Waals surface area contributed by atoms with Crippen molar-refractivity contribution in [2.45, 2.75) is 25.3 Å². The zero-order valence-electron chi connectivity index (χ0n) is 17.1. The Morgan fingerprint density at radius 1 is 1.19 bits per heavy atom. The van der Waals surface area contributed by atoms with Gasteiger partial charge in [-0.05, 0) is 37.3 Å². The van der Waals surface area contributed by atoms with Gasteiger partial charge in [0.1, 0.15) is 5.75 Å². The maximum absolute atomic E-state index is 13.0. The van der Waals surface area contributed by atoms with E-state index in [4.69, 9.17) is 14.9 Å². The molecule has 11 heteroatoms. The molecule has 0 saturated heterocycles. The predicted octanol–water partition coefficient (Wildman–Crippen LogP) is 4.68. The summed E-state index contributed by atoms with van der Waals surface area (Å²) in [5.41, 5.74) is -1.67. The number of ether oxygens (including phenoxy) is 2. The Morgan fingerprint density at radius 2 is 1.81 bits per heavy atom. The van der Waals surface area contributed by atoms with Crippen molar-refractivity contribution < 1.29 is 36.2 Å². The SMILES string of the molecule is C/N=C(\OC(=N)C(F)F)c1ccc2c(c1)C(=O)N(C)C(C)(c1ccc(C(F)(F)F)cc1)O2. The number of aliphatic imine (C=N–C) groups is 1. The highest BCUT2D eigenvalue weighted by Gasteiger charge is 2.43. The molecule has 170 valence electrons. The second kappa shape index (κ2) is 8.21. The van der Waals surface area contributed by atoms with Crippen LogP contribution in [0.5, 0.6) is 5.75 Å². The molecule has 2 aromatic carbocycles. The summed E-state index contributed by atoms with van der Waals surface area (Å²) in [4.78, 5) is 18.0. The Morgan fingerprint density at radius 3 is 2.34 bits per heavy atom. The molecule has 32 heavy (non-hydrogen) atoms. The molecule has 1 unspecified atom stereocenters. The van der Waals surface area contributed by atoms with Gasteiger partial charge in [-0.15, -0.1) is 0 Å². The Bertz CT molecular complexity index is 1080. The summed E-state index contributed by atoms with van der Waals surface area (Å²) in [5.74, 6) is -1.96. The Labute approximate surface area is 179 Å². The molecule has 0 spiro atoms. The van der Waals surface area contributed by atoms with Gasteiger partial charge in [0.25, 0.3) is 11.8 Å². The van der Waals surface area contributed by atoms with Crippen molar-refractivity contribution in [3.63, 3.8) is 0 Å². The fraction of sp³-hybridized carbons (Fsp3) is 0.286. The summed E-state index contributed by atoms with van der Waals surface area (Å²) < 4.78 is 74.6. The summed E-state index contributed by atoms with van der Waals surface area (Å²) in [5, 5.41) is 7.16. The molecule has 1 aliphatic heterocycles. The Kier molecular flexibility index (Phi) is 5.94. The van der Waals surface area contributed by atoms with Crippen LogP contribution in [0, 0.1) is 5.41 Å². The van der Waals surface area contributed by atoms with Crippen LogP contribution in [0.4, 0.5) is 22.0 Å². The van der Waals surface area contributed by atoms with Gasteiger partial charge < -0.3 is 9.47 Å². The van der Waals surface area contributed by atoms with E-state index in [0.717, 1.165) is 12.1 Å². The van der Waals surface area contributed by atoms with Crippen molar-refractivity contribution in [1.29, 1.82) is 5.41 Å². The highest BCUT2D eigenvalue weighted by atomic mass is 19.4. The number of halogens is 5. The lowest BCUT2D eigenvalue weighted by Gasteiger charge is -2.43. The first-order chi connectivity index (χ1) is 14.9. The van der Waals surface area contributed by atoms with E-state index in [-0.39, 0.29) is 22.8 Å². The van der Waals surface area contributed by atoms with Gasteiger partial charge in [0.2, 0.25) is 11.6 Å². The predicted molar refractivity (Wildman–Crippen MR) is 105 cm³/mol. The van der Waals surface area contributed by atoms with Crippen LogP contribution in [0.3, 0.4) is 0 Å². The Hall–Kier alpha value is -3.50. The number of carbonyl (C=O) groups excluding carboxylic acids is 1. The molecule has 1 amide bonds. The van der Waals surface area contributed by atoms with E-state index in [2.05, 4.69) is 4.99 Å². The molecule has 1 N–H and O–H groups in total.